The quantitative estimate of drug-likeness (QED) is 0.363. The zero-order valence-corrected chi connectivity index (χ0v) is 16.7. The van der Waals surface area contributed by atoms with Gasteiger partial charge >= 0.3 is 140 Å². The molecule has 0 aromatic rings. The van der Waals surface area contributed by atoms with E-state index in [0.29, 0.717) is 0 Å². The third-order valence-corrected chi connectivity index (χ3v) is 16.8. The average molecular weight is 516 g/mol. The number of thioether (sulfide) groups is 2. The summed E-state index contributed by atoms with van der Waals surface area (Å²) in [6, 6.07) is 0. The second-order valence-electron chi connectivity index (χ2n) is 4.95. The Morgan fingerprint density at radius 2 is 1.39 bits per heavy atom. The summed E-state index contributed by atoms with van der Waals surface area (Å²) in [6.45, 7) is 4.24. The van der Waals surface area contributed by atoms with Crippen molar-refractivity contribution in [3.63, 3.8) is 0 Å². The Balaban J connectivity index is 1.21. The van der Waals surface area contributed by atoms with Crippen molar-refractivity contribution in [2.24, 2.45) is 5.92 Å². The molecule has 0 aromatic heterocycles. The van der Waals surface area contributed by atoms with Crippen LogP contribution in [-0.2, 0) is 9.47 Å². The van der Waals surface area contributed by atoms with Crippen LogP contribution in [0.15, 0.2) is 0 Å². The molecule has 0 aliphatic carbocycles. The van der Waals surface area contributed by atoms with Crippen LogP contribution in [0.3, 0.4) is 0 Å². The van der Waals surface area contributed by atoms with Crippen LogP contribution in [0.4, 0.5) is 0 Å². The molecule has 2 atom stereocenters. The van der Waals surface area contributed by atoms with E-state index in [9.17, 15) is 0 Å². The molecule has 0 N–H and O–H groups in total. The van der Waals surface area contributed by atoms with Gasteiger partial charge in [-0.1, -0.05) is 0 Å². The fraction of sp³-hybridized carbons (Fsp3) is 1.00. The second kappa shape index (κ2) is 8.00. The fourth-order valence-electron chi connectivity index (χ4n) is 1.77. The van der Waals surface area contributed by atoms with Crippen LogP contribution >= 0.6 is 23.5 Å². The fourth-order valence-corrected chi connectivity index (χ4v) is 14.3. The van der Waals surface area contributed by atoms with Gasteiger partial charge in [-0.2, -0.15) is 0 Å². The molecule has 0 aromatic carbocycles. The van der Waals surface area contributed by atoms with Crippen molar-refractivity contribution >= 4 is 65.4 Å². The first-order valence-electron chi connectivity index (χ1n) is 6.52. The molecule has 6 heteroatoms. The Bertz CT molecular complexity index is 228. The van der Waals surface area contributed by atoms with Crippen molar-refractivity contribution < 1.29 is 9.47 Å². The van der Waals surface area contributed by atoms with Crippen LogP contribution in [0.25, 0.3) is 0 Å². The predicted molar refractivity (Wildman–Crippen MR) is 82.5 cm³/mol. The molecule has 0 saturated carbocycles. The molecule has 0 spiro atoms. The minimum atomic E-state index is 0.240. The van der Waals surface area contributed by atoms with Gasteiger partial charge in [0.25, 0.3) is 0 Å². The summed E-state index contributed by atoms with van der Waals surface area (Å²) in [7, 11) is 0. The summed E-state index contributed by atoms with van der Waals surface area (Å²) >= 11 is 4.57. The zero-order chi connectivity index (χ0) is 12.2. The summed E-state index contributed by atoms with van der Waals surface area (Å²) in [6.07, 6.45) is 0. The van der Waals surface area contributed by atoms with Gasteiger partial charge in [0.05, 0.1) is 0 Å². The number of ether oxygens (including phenoxy) is 2. The molecule has 3 aliphatic rings. The number of hydrogen-bond donors (Lipinski definition) is 0. The van der Waals surface area contributed by atoms with E-state index in [1.807, 2.05) is 23.5 Å². The van der Waals surface area contributed by atoms with E-state index < -0.39 is 0 Å². The van der Waals surface area contributed by atoms with Crippen molar-refractivity contribution in [1.82, 2.24) is 0 Å². The molecule has 0 amide bonds. The van der Waals surface area contributed by atoms with Gasteiger partial charge in [0.15, 0.2) is 0 Å². The summed E-state index contributed by atoms with van der Waals surface area (Å²) in [5, 5.41) is 1.71. The monoisotopic (exact) mass is 520 g/mol. The summed E-state index contributed by atoms with van der Waals surface area (Å²) in [4.78, 5) is 0. The molecule has 0 radical (unpaired) electrons. The first-order chi connectivity index (χ1) is 8.90. The molecule has 2 unspecified atom stereocenters. The van der Waals surface area contributed by atoms with Gasteiger partial charge in [-0.25, -0.2) is 0 Å². The van der Waals surface area contributed by atoms with E-state index >= 15 is 0 Å². The van der Waals surface area contributed by atoms with Crippen molar-refractivity contribution in [1.29, 1.82) is 0 Å². The Kier molecular flexibility index (Phi) is 6.71. The molecular formula is C12H20O2S2Te2. The standard InChI is InChI=1S/C12H20O2S2Te2/c1(13-2-10-5-15-10)9-7-17-12(18-8-9)4-14-3-11-6-16-11/h9-12H,1-8H2. The van der Waals surface area contributed by atoms with Gasteiger partial charge in [0.1, 0.15) is 0 Å². The molecule has 0 bridgehead atoms. The summed E-state index contributed by atoms with van der Waals surface area (Å²) in [5.41, 5.74) is 0. The predicted octanol–water partition coefficient (Wildman–Crippen LogP) is 1.87. The van der Waals surface area contributed by atoms with E-state index in [1.165, 1.54) is 20.4 Å². The number of rotatable bonds is 8. The van der Waals surface area contributed by atoms with E-state index in [1.54, 1.807) is 0 Å². The van der Waals surface area contributed by atoms with Crippen LogP contribution in [0.2, 0.25) is 11.0 Å². The van der Waals surface area contributed by atoms with Crippen molar-refractivity contribution in [3.8, 4) is 0 Å². The van der Waals surface area contributed by atoms with Crippen LogP contribution < -0.4 is 0 Å². The van der Waals surface area contributed by atoms with Gasteiger partial charge in [0, 0.05) is 0 Å². The van der Waals surface area contributed by atoms with Crippen LogP contribution in [0.5, 0.6) is 0 Å². The number of hydrogen-bond acceptors (Lipinski definition) is 4. The summed E-state index contributed by atoms with van der Waals surface area (Å²) < 4.78 is 15.8. The average Bonchev–Trinajstić information content (AvgIpc) is 3.25. The van der Waals surface area contributed by atoms with Crippen LogP contribution in [0.1, 0.15) is 0 Å². The Labute approximate surface area is 139 Å². The third kappa shape index (κ3) is 5.90. The van der Waals surface area contributed by atoms with Crippen molar-refractivity contribution in [3.05, 3.63) is 0 Å². The molecular weight excluding hydrogens is 495 g/mol. The van der Waals surface area contributed by atoms with E-state index in [4.69, 9.17) is 9.47 Å². The van der Waals surface area contributed by atoms with Crippen LogP contribution in [0, 0.1) is 5.92 Å². The topological polar surface area (TPSA) is 18.5 Å². The van der Waals surface area contributed by atoms with E-state index in [0.717, 1.165) is 44.9 Å². The maximum atomic E-state index is 5.86. The first-order valence-corrected chi connectivity index (χ1v) is 14.6. The molecule has 104 valence electrons. The SMILES string of the molecule is C(OCC1CS1)C1C[Te]C(COCC2CS2)[Te]C1. The first kappa shape index (κ1) is 15.1. The third-order valence-electron chi connectivity index (χ3n) is 3.06. The van der Waals surface area contributed by atoms with Crippen molar-refractivity contribution in [2.75, 3.05) is 37.9 Å². The van der Waals surface area contributed by atoms with Crippen molar-refractivity contribution in [2.45, 2.75) is 21.5 Å². The Hall–Kier alpha value is 2.20. The van der Waals surface area contributed by atoms with Gasteiger partial charge in [0.2, 0.25) is 0 Å². The molecule has 18 heavy (non-hydrogen) atoms. The van der Waals surface area contributed by atoms with E-state index in [-0.39, 0.29) is 41.8 Å². The molecule has 3 aliphatic heterocycles. The molecule has 3 heterocycles. The minimum absolute atomic E-state index is 0.240. The van der Waals surface area contributed by atoms with Gasteiger partial charge < -0.3 is 0 Å². The molecule has 2 nitrogen and oxygen atoms in total. The van der Waals surface area contributed by atoms with Crippen LogP contribution in [-0.4, -0.2) is 90.3 Å². The normalized spacial score (nSPS) is 38.7. The molecule has 3 saturated heterocycles. The van der Waals surface area contributed by atoms with Gasteiger partial charge in [-0.05, 0) is 0 Å². The second-order valence-corrected chi connectivity index (χ2v) is 17.6. The van der Waals surface area contributed by atoms with Gasteiger partial charge in [-0.15, -0.1) is 0 Å². The maximum absolute atomic E-state index is 5.86. The zero-order valence-electron chi connectivity index (χ0n) is 10.4. The summed E-state index contributed by atoms with van der Waals surface area (Å²) in [5.74, 6) is 3.62. The Morgan fingerprint density at radius 3 is 1.94 bits per heavy atom. The molecule has 3 rings (SSSR count). The van der Waals surface area contributed by atoms with E-state index in [2.05, 4.69) is 0 Å². The Morgan fingerprint density at radius 1 is 0.833 bits per heavy atom. The molecule has 3 fully saturated rings. The van der Waals surface area contributed by atoms with Gasteiger partial charge in [-0.3, -0.25) is 0 Å².